The van der Waals surface area contributed by atoms with Gasteiger partial charge in [0.1, 0.15) is 17.5 Å². The van der Waals surface area contributed by atoms with E-state index in [9.17, 15) is 4.79 Å². The Kier molecular flexibility index (Phi) is 3.42. The van der Waals surface area contributed by atoms with E-state index in [0.717, 1.165) is 15.2 Å². The number of aromatic amines is 1. The van der Waals surface area contributed by atoms with Crippen molar-refractivity contribution in [2.75, 3.05) is 5.32 Å². The highest BCUT2D eigenvalue weighted by atomic mass is 79.9. The average molecular weight is 341 g/mol. The molecule has 0 aliphatic rings. The summed E-state index contributed by atoms with van der Waals surface area (Å²) >= 11 is 3.41. The average Bonchev–Trinajstić information content (AvgIpc) is 2.93. The molecule has 102 valence electrons. The quantitative estimate of drug-likeness (QED) is 0.749. The molecular weight excluding hydrogens is 332 g/mol. The van der Waals surface area contributed by atoms with Crippen LogP contribution in [0.4, 0.5) is 5.82 Å². The minimum atomic E-state index is -0.291. The van der Waals surface area contributed by atoms with Crippen LogP contribution in [-0.4, -0.2) is 16.1 Å². The van der Waals surface area contributed by atoms with Crippen LogP contribution >= 0.6 is 15.9 Å². The van der Waals surface area contributed by atoms with Gasteiger partial charge in [-0.2, -0.15) is 10.4 Å². The third-order valence-electron chi connectivity index (χ3n) is 3.06. The molecule has 1 heterocycles. The van der Waals surface area contributed by atoms with Gasteiger partial charge in [0.25, 0.3) is 5.91 Å². The number of nitriles is 1. The van der Waals surface area contributed by atoms with E-state index in [1.807, 2.05) is 30.3 Å². The highest BCUT2D eigenvalue weighted by Crippen LogP contribution is 2.21. The molecule has 0 aliphatic carbocycles. The summed E-state index contributed by atoms with van der Waals surface area (Å²) in [5, 5.41) is 19.9. The fourth-order valence-corrected chi connectivity index (χ4v) is 2.39. The molecular formula is C15H9BrN4O. The van der Waals surface area contributed by atoms with Gasteiger partial charge >= 0.3 is 0 Å². The maximum absolute atomic E-state index is 12.2. The van der Waals surface area contributed by atoms with Crippen LogP contribution in [0.3, 0.4) is 0 Å². The van der Waals surface area contributed by atoms with Crippen LogP contribution in [0.1, 0.15) is 15.9 Å². The van der Waals surface area contributed by atoms with Gasteiger partial charge in [0, 0.05) is 10.0 Å². The van der Waals surface area contributed by atoms with Crippen LogP contribution < -0.4 is 5.32 Å². The van der Waals surface area contributed by atoms with Crippen molar-refractivity contribution in [3.63, 3.8) is 0 Å². The molecule has 1 amide bonds. The second-order valence-electron chi connectivity index (χ2n) is 4.43. The minimum absolute atomic E-state index is 0.291. The molecule has 0 saturated carbocycles. The number of carbonyl (C=O) groups is 1. The minimum Gasteiger partial charge on any atom is -0.306 e. The number of nitrogens with zero attached hydrogens (tertiary/aromatic N) is 2. The standard InChI is InChI=1S/C15H9BrN4O/c16-13-4-3-9-5-11(2-1-10(9)6-13)15(21)19-14-12(7-17)8-18-20-14/h1-6,8H,(H2,18,19,20,21). The van der Waals surface area contributed by atoms with Gasteiger partial charge < -0.3 is 5.32 Å². The van der Waals surface area contributed by atoms with Crippen LogP contribution in [0.15, 0.2) is 47.1 Å². The van der Waals surface area contributed by atoms with Gasteiger partial charge in [-0.05, 0) is 35.0 Å². The second kappa shape index (κ2) is 5.38. The zero-order valence-corrected chi connectivity index (χ0v) is 12.3. The molecule has 0 radical (unpaired) electrons. The van der Waals surface area contributed by atoms with E-state index in [2.05, 4.69) is 31.4 Å². The highest BCUT2D eigenvalue weighted by Gasteiger charge is 2.11. The van der Waals surface area contributed by atoms with Crippen molar-refractivity contribution in [3.05, 3.63) is 58.2 Å². The number of benzene rings is 2. The molecule has 3 aromatic rings. The van der Waals surface area contributed by atoms with E-state index in [0.29, 0.717) is 16.9 Å². The smallest absolute Gasteiger partial charge is 0.256 e. The number of carbonyl (C=O) groups excluding carboxylic acids is 1. The molecule has 0 aliphatic heterocycles. The maximum Gasteiger partial charge on any atom is 0.256 e. The number of anilines is 1. The molecule has 0 saturated heterocycles. The lowest BCUT2D eigenvalue weighted by atomic mass is 10.1. The number of halogens is 1. The van der Waals surface area contributed by atoms with Gasteiger partial charge in [0.15, 0.2) is 0 Å². The number of hydrogen-bond acceptors (Lipinski definition) is 3. The lowest BCUT2D eigenvalue weighted by Crippen LogP contribution is -2.12. The van der Waals surface area contributed by atoms with Crippen molar-refractivity contribution in [2.24, 2.45) is 0 Å². The van der Waals surface area contributed by atoms with E-state index < -0.39 is 0 Å². The van der Waals surface area contributed by atoms with Crippen LogP contribution in [0.2, 0.25) is 0 Å². The summed E-state index contributed by atoms with van der Waals surface area (Å²) in [6, 6.07) is 13.2. The van der Waals surface area contributed by atoms with Crippen molar-refractivity contribution in [1.82, 2.24) is 10.2 Å². The summed E-state index contributed by atoms with van der Waals surface area (Å²) < 4.78 is 0.989. The number of hydrogen-bond donors (Lipinski definition) is 2. The van der Waals surface area contributed by atoms with Gasteiger partial charge in [0.05, 0.1) is 6.20 Å². The third kappa shape index (κ3) is 2.64. The second-order valence-corrected chi connectivity index (χ2v) is 5.35. The Morgan fingerprint density at radius 1 is 1.24 bits per heavy atom. The lowest BCUT2D eigenvalue weighted by molar-refractivity contribution is 0.102. The van der Waals surface area contributed by atoms with Crippen molar-refractivity contribution in [3.8, 4) is 6.07 Å². The van der Waals surface area contributed by atoms with E-state index in [4.69, 9.17) is 5.26 Å². The van der Waals surface area contributed by atoms with Crippen molar-refractivity contribution in [1.29, 1.82) is 5.26 Å². The molecule has 6 heteroatoms. The molecule has 1 aromatic heterocycles. The Balaban J connectivity index is 1.91. The normalized spacial score (nSPS) is 10.3. The topological polar surface area (TPSA) is 81.6 Å². The molecule has 3 rings (SSSR count). The summed E-state index contributed by atoms with van der Waals surface area (Å²) in [6.45, 7) is 0. The first-order valence-electron chi connectivity index (χ1n) is 6.11. The molecule has 0 fully saturated rings. The predicted octanol–water partition coefficient (Wildman–Crippen LogP) is 3.45. The fraction of sp³-hybridized carbons (Fsp3) is 0. The van der Waals surface area contributed by atoms with E-state index in [1.165, 1.54) is 6.20 Å². The van der Waals surface area contributed by atoms with Crippen LogP contribution in [-0.2, 0) is 0 Å². The van der Waals surface area contributed by atoms with Gasteiger partial charge in [0.2, 0.25) is 0 Å². The molecule has 0 bridgehead atoms. The van der Waals surface area contributed by atoms with E-state index >= 15 is 0 Å². The molecule has 5 nitrogen and oxygen atoms in total. The summed E-state index contributed by atoms with van der Waals surface area (Å²) in [7, 11) is 0. The number of nitrogens with one attached hydrogen (secondary N) is 2. The number of H-pyrrole nitrogens is 1. The first kappa shape index (κ1) is 13.3. The third-order valence-corrected chi connectivity index (χ3v) is 3.56. The molecule has 2 N–H and O–H groups in total. The molecule has 0 spiro atoms. The summed E-state index contributed by atoms with van der Waals surface area (Å²) in [5.74, 6) is 0.0129. The zero-order chi connectivity index (χ0) is 14.8. The fourth-order valence-electron chi connectivity index (χ4n) is 2.01. The monoisotopic (exact) mass is 340 g/mol. The Hall–Kier alpha value is -2.65. The van der Waals surface area contributed by atoms with E-state index in [1.54, 1.807) is 12.1 Å². The van der Waals surface area contributed by atoms with Crippen molar-refractivity contribution >= 4 is 38.4 Å². The van der Waals surface area contributed by atoms with Gasteiger partial charge in [-0.25, -0.2) is 0 Å². The number of aromatic nitrogens is 2. The van der Waals surface area contributed by atoms with Crippen LogP contribution in [0, 0.1) is 11.3 Å². The summed E-state index contributed by atoms with van der Waals surface area (Å²) in [5.41, 5.74) is 0.816. The molecule has 0 atom stereocenters. The van der Waals surface area contributed by atoms with Crippen molar-refractivity contribution in [2.45, 2.75) is 0 Å². The van der Waals surface area contributed by atoms with Crippen molar-refractivity contribution < 1.29 is 4.79 Å². The lowest BCUT2D eigenvalue weighted by Gasteiger charge is -2.05. The largest absolute Gasteiger partial charge is 0.306 e. The first-order valence-corrected chi connectivity index (χ1v) is 6.91. The summed E-state index contributed by atoms with van der Waals surface area (Å²) in [6.07, 6.45) is 1.37. The maximum atomic E-state index is 12.2. The van der Waals surface area contributed by atoms with Crippen LogP contribution in [0.25, 0.3) is 10.8 Å². The van der Waals surface area contributed by atoms with Gasteiger partial charge in [-0.1, -0.05) is 28.1 Å². The zero-order valence-electron chi connectivity index (χ0n) is 10.7. The first-order chi connectivity index (χ1) is 10.2. The SMILES string of the molecule is N#Cc1cn[nH]c1NC(=O)c1ccc2cc(Br)ccc2c1. The molecule has 21 heavy (non-hydrogen) atoms. The van der Waals surface area contributed by atoms with Gasteiger partial charge in [-0.3, -0.25) is 9.89 Å². The Morgan fingerprint density at radius 2 is 2.00 bits per heavy atom. The molecule has 0 unspecified atom stereocenters. The van der Waals surface area contributed by atoms with Crippen LogP contribution in [0.5, 0.6) is 0 Å². The Bertz CT molecular complexity index is 879. The van der Waals surface area contributed by atoms with Gasteiger partial charge in [-0.15, -0.1) is 0 Å². The van der Waals surface area contributed by atoms with E-state index in [-0.39, 0.29) is 5.91 Å². The Morgan fingerprint density at radius 3 is 2.81 bits per heavy atom. The predicted molar refractivity (Wildman–Crippen MR) is 82.9 cm³/mol. The number of amides is 1. The number of rotatable bonds is 2. The molecule has 2 aromatic carbocycles. The highest BCUT2D eigenvalue weighted by molar-refractivity contribution is 9.10. The summed E-state index contributed by atoms with van der Waals surface area (Å²) in [4.78, 5) is 12.2. The number of fused-ring (bicyclic) bond motifs is 1. The Labute approximate surface area is 128 Å².